The lowest BCUT2D eigenvalue weighted by molar-refractivity contribution is 0.907. The Bertz CT molecular complexity index is 385. The van der Waals surface area contributed by atoms with Crippen LogP contribution in [0.1, 0.15) is 0 Å². The first-order valence-electron chi connectivity index (χ1n) is 3.65. The summed E-state index contributed by atoms with van der Waals surface area (Å²) in [4.78, 5) is 8.31. The highest BCUT2D eigenvalue weighted by molar-refractivity contribution is 5.47. The van der Waals surface area contributed by atoms with Crippen molar-refractivity contribution in [3.05, 3.63) is 24.9 Å². The SMILES string of the molecule is Cn1cnc(-c2nc[c]n2C)c1. The summed E-state index contributed by atoms with van der Waals surface area (Å²) in [6.07, 6.45) is 8.26. The molecule has 1 radical (unpaired) electrons. The van der Waals surface area contributed by atoms with Crippen molar-refractivity contribution in [1.29, 1.82) is 0 Å². The topological polar surface area (TPSA) is 35.6 Å². The van der Waals surface area contributed by atoms with E-state index < -0.39 is 0 Å². The molecule has 0 aliphatic heterocycles. The molecule has 4 nitrogen and oxygen atoms in total. The molecule has 61 valence electrons. The van der Waals surface area contributed by atoms with Gasteiger partial charge in [-0.1, -0.05) is 0 Å². The van der Waals surface area contributed by atoms with E-state index in [1.165, 1.54) is 0 Å². The molecule has 0 aliphatic carbocycles. The first-order chi connectivity index (χ1) is 5.77. The third-order valence-corrected chi connectivity index (χ3v) is 1.69. The zero-order valence-corrected chi connectivity index (χ0v) is 7.02. The number of hydrogen-bond acceptors (Lipinski definition) is 2. The summed E-state index contributed by atoms with van der Waals surface area (Å²) in [5, 5.41) is 0. The Morgan fingerprint density at radius 3 is 2.67 bits per heavy atom. The predicted molar refractivity (Wildman–Crippen MR) is 44.2 cm³/mol. The van der Waals surface area contributed by atoms with Gasteiger partial charge in [0.1, 0.15) is 5.69 Å². The van der Waals surface area contributed by atoms with Crippen LogP contribution in [0.3, 0.4) is 0 Å². The van der Waals surface area contributed by atoms with E-state index in [1.54, 1.807) is 12.5 Å². The minimum absolute atomic E-state index is 0.843. The maximum absolute atomic E-state index is 4.18. The largest absolute Gasteiger partial charge is 0.340 e. The number of aryl methyl sites for hydroxylation is 2. The molecule has 2 aromatic heterocycles. The minimum atomic E-state index is 0.843. The highest BCUT2D eigenvalue weighted by Gasteiger charge is 2.04. The van der Waals surface area contributed by atoms with Gasteiger partial charge in [0.25, 0.3) is 0 Å². The molecular weight excluding hydrogens is 152 g/mol. The highest BCUT2D eigenvalue weighted by Crippen LogP contribution is 2.11. The first kappa shape index (κ1) is 7.09. The quantitative estimate of drug-likeness (QED) is 0.614. The summed E-state index contributed by atoms with van der Waals surface area (Å²) in [6.45, 7) is 0. The molecule has 0 aromatic carbocycles. The molecule has 12 heavy (non-hydrogen) atoms. The van der Waals surface area contributed by atoms with Crippen molar-refractivity contribution >= 4 is 0 Å². The van der Waals surface area contributed by atoms with E-state index in [-0.39, 0.29) is 0 Å². The van der Waals surface area contributed by atoms with Crippen molar-refractivity contribution in [1.82, 2.24) is 19.1 Å². The smallest absolute Gasteiger partial charge is 0.160 e. The Labute approximate surface area is 70.5 Å². The fourth-order valence-corrected chi connectivity index (χ4v) is 1.09. The second kappa shape index (κ2) is 2.48. The molecule has 0 saturated heterocycles. The Kier molecular flexibility index (Phi) is 1.46. The van der Waals surface area contributed by atoms with Crippen LogP contribution in [-0.2, 0) is 14.1 Å². The van der Waals surface area contributed by atoms with Crippen LogP contribution in [0.15, 0.2) is 18.7 Å². The van der Waals surface area contributed by atoms with E-state index in [4.69, 9.17) is 0 Å². The molecule has 2 rings (SSSR count). The van der Waals surface area contributed by atoms with Gasteiger partial charge in [-0.25, -0.2) is 9.97 Å². The zero-order valence-electron chi connectivity index (χ0n) is 7.02. The molecule has 0 fully saturated rings. The van der Waals surface area contributed by atoms with Crippen LogP contribution in [0.5, 0.6) is 0 Å². The van der Waals surface area contributed by atoms with Gasteiger partial charge in [0.05, 0.1) is 18.7 Å². The molecule has 0 unspecified atom stereocenters. The number of imidazole rings is 2. The number of rotatable bonds is 1. The summed E-state index contributed by atoms with van der Waals surface area (Å²) in [7, 11) is 3.83. The Morgan fingerprint density at radius 2 is 2.17 bits per heavy atom. The van der Waals surface area contributed by atoms with E-state index in [2.05, 4.69) is 16.2 Å². The molecule has 0 atom stereocenters. The first-order valence-corrected chi connectivity index (χ1v) is 3.65. The molecule has 4 heteroatoms. The molecule has 0 N–H and O–H groups in total. The Morgan fingerprint density at radius 1 is 1.33 bits per heavy atom. The van der Waals surface area contributed by atoms with Gasteiger partial charge in [-0.15, -0.1) is 0 Å². The van der Waals surface area contributed by atoms with Gasteiger partial charge >= 0.3 is 0 Å². The average Bonchev–Trinajstić information content (AvgIpc) is 2.58. The standard InChI is InChI=1S/C8H9N4/c1-11-5-7(10-6-11)8-9-3-4-12(8)2/h3,5-6H,1-2H3. The van der Waals surface area contributed by atoms with Gasteiger partial charge in [0.2, 0.25) is 0 Å². The molecule has 2 aromatic rings. The highest BCUT2D eigenvalue weighted by atomic mass is 15.1. The predicted octanol–water partition coefficient (Wildman–Crippen LogP) is 0.621. The summed E-state index contributed by atoms with van der Waals surface area (Å²) in [5.74, 6) is 0.843. The lowest BCUT2D eigenvalue weighted by Gasteiger charge is -1.94. The molecule has 0 spiro atoms. The van der Waals surface area contributed by atoms with Gasteiger partial charge in [0.15, 0.2) is 5.82 Å². The maximum atomic E-state index is 4.18. The third-order valence-electron chi connectivity index (χ3n) is 1.69. The van der Waals surface area contributed by atoms with Crippen LogP contribution in [0.2, 0.25) is 0 Å². The van der Waals surface area contributed by atoms with Gasteiger partial charge in [-0.2, -0.15) is 0 Å². The second-order valence-electron chi connectivity index (χ2n) is 2.69. The van der Waals surface area contributed by atoms with Crippen molar-refractivity contribution in [2.75, 3.05) is 0 Å². The number of nitrogens with zero attached hydrogens (tertiary/aromatic N) is 4. The van der Waals surface area contributed by atoms with E-state index in [0.717, 1.165) is 11.5 Å². The molecule has 0 saturated carbocycles. The van der Waals surface area contributed by atoms with E-state index >= 15 is 0 Å². The lowest BCUT2D eigenvalue weighted by atomic mass is 10.4. The molecular formula is C8H9N4. The van der Waals surface area contributed by atoms with Gasteiger partial charge in [-0.3, -0.25) is 0 Å². The summed E-state index contributed by atoms with van der Waals surface area (Å²) in [6, 6.07) is 0. The normalized spacial score (nSPS) is 10.5. The molecule has 0 aliphatic rings. The fraction of sp³-hybridized carbons (Fsp3) is 0.250. The minimum Gasteiger partial charge on any atom is -0.340 e. The van der Waals surface area contributed by atoms with Gasteiger partial charge in [0, 0.05) is 20.3 Å². The number of hydrogen-bond donors (Lipinski definition) is 0. The third kappa shape index (κ3) is 1.01. The van der Waals surface area contributed by atoms with Crippen LogP contribution in [0, 0.1) is 6.20 Å². The van der Waals surface area contributed by atoms with E-state index in [0.29, 0.717) is 0 Å². The van der Waals surface area contributed by atoms with Crippen LogP contribution in [-0.4, -0.2) is 19.1 Å². The maximum Gasteiger partial charge on any atom is 0.160 e. The van der Waals surface area contributed by atoms with Crippen LogP contribution in [0.4, 0.5) is 0 Å². The van der Waals surface area contributed by atoms with Gasteiger partial charge < -0.3 is 9.13 Å². The average molecular weight is 161 g/mol. The molecule has 0 amide bonds. The van der Waals surface area contributed by atoms with E-state index in [1.807, 2.05) is 29.4 Å². The van der Waals surface area contributed by atoms with Gasteiger partial charge in [-0.05, 0) is 0 Å². The van der Waals surface area contributed by atoms with Crippen molar-refractivity contribution in [3.63, 3.8) is 0 Å². The summed E-state index contributed by atoms with van der Waals surface area (Å²) in [5.41, 5.74) is 0.876. The summed E-state index contributed by atoms with van der Waals surface area (Å²) >= 11 is 0. The Balaban J connectivity index is 2.50. The van der Waals surface area contributed by atoms with Crippen LogP contribution >= 0.6 is 0 Å². The Hall–Kier alpha value is -1.58. The van der Waals surface area contributed by atoms with Crippen LogP contribution in [0.25, 0.3) is 11.5 Å². The second-order valence-corrected chi connectivity index (χ2v) is 2.69. The van der Waals surface area contributed by atoms with Crippen molar-refractivity contribution < 1.29 is 0 Å². The molecule has 2 heterocycles. The fourth-order valence-electron chi connectivity index (χ4n) is 1.09. The zero-order chi connectivity index (χ0) is 8.55. The van der Waals surface area contributed by atoms with Crippen molar-refractivity contribution in [2.24, 2.45) is 14.1 Å². The monoisotopic (exact) mass is 161 g/mol. The lowest BCUT2D eigenvalue weighted by Crippen LogP contribution is -1.91. The van der Waals surface area contributed by atoms with Crippen LogP contribution < -0.4 is 0 Å². The molecule has 0 bridgehead atoms. The van der Waals surface area contributed by atoms with Crippen molar-refractivity contribution in [2.45, 2.75) is 0 Å². The number of aromatic nitrogens is 4. The van der Waals surface area contributed by atoms with Crippen molar-refractivity contribution in [3.8, 4) is 11.5 Å². The summed E-state index contributed by atoms with van der Waals surface area (Å²) < 4.78 is 3.71. The van der Waals surface area contributed by atoms with E-state index in [9.17, 15) is 0 Å².